The minimum absolute atomic E-state index is 0.285. The van der Waals surface area contributed by atoms with Crippen molar-refractivity contribution in [1.29, 1.82) is 0 Å². The van der Waals surface area contributed by atoms with Gasteiger partial charge >= 0.3 is 0 Å². The zero-order chi connectivity index (χ0) is 16.5. The Hall–Kier alpha value is -2.63. The SMILES string of the molecule is OC1c2cccnc2CN1Cc1ccc(-c2cccnc2)cc1F. The van der Waals surface area contributed by atoms with E-state index >= 15 is 0 Å². The lowest BCUT2D eigenvalue weighted by atomic mass is 10.0. The largest absolute Gasteiger partial charge is 0.374 e. The number of pyridine rings is 2. The van der Waals surface area contributed by atoms with Crippen LogP contribution in [0.15, 0.2) is 61.1 Å². The Morgan fingerprint density at radius 2 is 2.00 bits per heavy atom. The first-order chi connectivity index (χ1) is 11.7. The molecule has 5 heteroatoms. The fraction of sp³-hybridized carbons (Fsp3) is 0.158. The molecule has 4 rings (SSSR count). The van der Waals surface area contributed by atoms with E-state index in [4.69, 9.17) is 0 Å². The number of aliphatic hydroxyl groups excluding tert-OH is 1. The van der Waals surface area contributed by atoms with E-state index in [9.17, 15) is 9.50 Å². The van der Waals surface area contributed by atoms with Crippen molar-refractivity contribution in [2.24, 2.45) is 0 Å². The van der Waals surface area contributed by atoms with Crippen LogP contribution in [0.5, 0.6) is 0 Å². The summed E-state index contributed by atoms with van der Waals surface area (Å²) in [4.78, 5) is 10.1. The molecule has 0 saturated carbocycles. The molecule has 1 atom stereocenters. The molecule has 1 aromatic carbocycles. The normalized spacial score (nSPS) is 17.0. The lowest BCUT2D eigenvalue weighted by Gasteiger charge is -2.20. The molecule has 0 fully saturated rings. The van der Waals surface area contributed by atoms with Crippen LogP contribution in [0.3, 0.4) is 0 Å². The Bertz CT molecular complexity index is 869. The van der Waals surface area contributed by atoms with Gasteiger partial charge in [0, 0.05) is 48.4 Å². The zero-order valence-corrected chi connectivity index (χ0v) is 12.9. The molecule has 120 valence electrons. The summed E-state index contributed by atoms with van der Waals surface area (Å²) >= 11 is 0. The van der Waals surface area contributed by atoms with Crippen molar-refractivity contribution < 1.29 is 9.50 Å². The monoisotopic (exact) mass is 321 g/mol. The molecule has 4 nitrogen and oxygen atoms in total. The third kappa shape index (κ3) is 2.68. The molecule has 0 saturated heterocycles. The van der Waals surface area contributed by atoms with Crippen molar-refractivity contribution >= 4 is 0 Å². The van der Waals surface area contributed by atoms with Crippen LogP contribution in [0.2, 0.25) is 0 Å². The molecule has 0 bridgehead atoms. The molecule has 1 aliphatic rings. The van der Waals surface area contributed by atoms with Gasteiger partial charge < -0.3 is 5.11 Å². The van der Waals surface area contributed by atoms with E-state index in [2.05, 4.69) is 9.97 Å². The highest BCUT2D eigenvalue weighted by atomic mass is 19.1. The third-order valence-electron chi connectivity index (χ3n) is 4.32. The van der Waals surface area contributed by atoms with Gasteiger partial charge in [-0.3, -0.25) is 14.9 Å². The van der Waals surface area contributed by atoms with Crippen LogP contribution >= 0.6 is 0 Å². The van der Waals surface area contributed by atoms with Crippen molar-refractivity contribution in [1.82, 2.24) is 14.9 Å². The van der Waals surface area contributed by atoms with E-state index < -0.39 is 6.23 Å². The van der Waals surface area contributed by atoms with Crippen molar-refractivity contribution in [3.63, 3.8) is 0 Å². The highest BCUT2D eigenvalue weighted by Crippen LogP contribution is 2.32. The predicted octanol–water partition coefficient (Wildman–Crippen LogP) is 3.29. The van der Waals surface area contributed by atoms with Crippen LogP contribution in [0, 0.1) is 5.82 Å². The number of hydrogen-bond donors (Lipinski definition) is 1. The maximum atomic E-state index is 14.5. The van der Waals surface area contributed by atoms with Gasteiger partial charge in [-0.05, 0) is 23.8 Å². The lowest BCUT2D eigenvalue weighted by molar-refractivity contribution is 0.00695. The van der Waals surface area contributed by atoms with E-state index in [-0.39, 0.29) is 5.82 Å². The van der Waals surface area contributed by atoms with Gasteiger partial charge in [-0.25, -0.2) is 4.39 Å². The molecule has 3 aromatic rings. The van der Waals surface area contributed by atoms with E-state index in [1.54, 1.807) is 35.6 Å². The zero-order valence-electron chi connectivity index (χ0n) is 12.9. The van der Waals surface area contributed by atoms with E-state index in [1.165, 1.54) is 6.07 Å². The first kappa shape index (κ1) is 14.9. The molecular formula is C19H16FN3O. The molecule has 2 aromatic heterocycles. The topological polar surface area (TPSA) is 49.3 Å². The van der Waals surface area contributed by atoms with Gasteiger partial charge in [0.2, 0.25) is 0 Å². The van der Waals surface area contributed by atoms with Crippen molar-refractivity contribution in [2.75, 3.05) is 0 Å². The number of nitrogens with zero attached hydrogens (tertiary/aromatic N) is 3. The second-order valence-electron chi connectivity index (χ2n) is 5.87. The van der Waals surface area contributed by atoms with Crippen molar-refractivity contribution in [3.8, 4) is 11.1 Å². The van der Waals surface area contributed by atoms with Gasteiger partial charge in [0.15, 0.2) is 0 Å². The summed E-state index contributed by atoms with van der Waals surface area (Å²) in [5.74, 6) is -0.285. The maximum Gasteiger partial charge on any atom is 0.136 e. The Kier molecular flexibility index (Phi) is 3.80. The van der Waals surface area contributed by atoms with Crippen molar-refractivity contribution in [3.05, 3.63) is 83.7 Å². The second-order valence-corrected chi connectivity index (χ2v) is 5.87. The van der Waals surface area contributed by atoms with Crippen LogP contribution in [-0.4, -0.2) is 20.0 Å². The minimum atomic E-state index is -0.744. The summed E-state index contributed by atoms with van der Waals surface area (Å²) in [6.45, 7) is 0.845. The molecule has 0 spiro atoms. The first-order valence-electron chi connectivity index (χ1n) is 7.77. The van der Waals surface area contributed by atoms with Crippen LogP contribution < -0.4 is 0 Å². The lowest BCUT2D eigenvalue weighted by Crippen LogP contribution is -2.22. The Morgan fingerprint density at radius 1 is 1.12 bits per heavy atom. The molecule has 1 N–H and O–H groups in total. The number of aromatic nitrogens is 2. The molecule has 1 unspecified atom stereocenters. The van der Waals surface area contributed by atoms with Crippen molar-refractivity contribution in [2.45, 2.75) is 19.3 Å². The summed E-state index contributed by atoms with van der Waals surface area (Å²) in [5, 5.41) is 10.4. The van der Waals surface area contributed by atoms with E-state index in [0.717, 1.165) is 22.4 Å². The molecule has 0 radical (unpaired) electrons. The van der Waals surface area contributed by atoms with Crippen LogP contribution in [0.25, 0.3) is 11.1 Å². The van der Waals surface area contributed by atoms with Gasteiger partial charge in [-0.2, -0.15) is 0 Å². The second kappa shape index (κ2) is 6.11. The number of rotatable bonds is 3. The Morgan fingerprint density at radius 3 is 2.75 bits per heavy atom. The molecule has 0 amide bonds. The third-order valence-corrected chi connectivity index (χ3v) is 4.32. The summed E-state index contributed by atoms with van der Waals surface area (Å²) in [5.41, 5.74) is 3.86. The predicted molar refractivity (Wildman–Crippen MR) is 88.1 cm³/mol. The molecule has 1 aliphatic heterocycles. The Labute approximate surface area is 139 Å². The average Bonchev–Trinajstić information content (AvgIpc) is 2.94. The van der Waals surface area contributed by atoms with Gasteiger partial charge in [0.1, 0.15) is 12.0 Å². The summed E-state index contributed by atoms with van der Waals surface area (Å²) in [6, 6.07) is 12.5. The quantitative estimate of drug-likeness (QED) is 0.804. The van der Waals surface area contributed by atoms with Crippen LogP contribution in [0.4, 0.5) is 4.39 Å². The fourth-order valence-electron chi connectivity index (χ4n) is 3.04. The highest BCUT2D eigenvalue weighted by molar-refractivity contribution is 5.62. The maximum absolute atomic E-state index is 14.5. The van der Waals surface area contributed by atoms with Crippen LogP contribution in [0.1, 0.15) is 23.0 Å². The molecule has 24 heavy (non-hydrogen) atoms. The van der Waals surface area contributed by atoms with E-state index in [1.807, 2.05) is 24.3 Å². The summed E-state index contributed by atoms with van der Waals surface area (Å²) in [6.07, 6.45) is 4.36. The summed E-state index contributed by atoms with van der Waals surface area (Å²) in [7, 11) is 0. The summed E-state index contributed by atoms with van der Waals surface area (Å²) < 4.78 is 14.5. The fourth-order valence-corrected chi connectivity index (χ4v) is 3.04. The molecule has 0 aliphatic carbocycles. The average molecular weight is 321 g/mol. The number of halogens is 1. The van der Waals surface area contributed by atoms with E-state index in [0.29, 0.717) is 18.7 Å². The number of hydrogen-bond acceptors (Lipinski definition) is 4. The Balaban J connectivity index is 1.56. The highest BCUT2D eigenvalue weighted by Gasteiger charge is 2.29. The molecule has 3 heterocycles. The smallest absolute Gasteiger partial charge is 0.136 e. The van der Waals surface area contributed by atoms with Gasteiger partial charge in [-0.1, -0.05) is 24.3 Å². The van der Waals surface area contributed by atoms with Gasteiger partial charge in [0.25, 0.3) is 0 Å². The minimum Gasteiger partial charge on any atom is -0.374 e. The van der Waals surface area contributed by atoms with Crippen LogP contribution in [-0.2, 0) is 13.1 Å². The number of fused-ring (bicyclic) bond motifs is 1. The van der Waals surface area contributed by atoms with Gasteiger partial charge in [-0.15, -0.1) is 0 Å². The first-order valence-corrected chi connectivity index (χ1v) is 7.77. The molecular weight excluding hydrogens is 305 g/mol. The standard InChI is InChI=1S/C19H16FN3O/c20-17-9-13(14-3-1-7-21-10-14)5-6-15(17)11-23-12-18-16(19(23)24)4-2-8-22-18/h1-10,19,24H,11-12H2. The number of benzene rings is 1. The number of aliphatic hydroxyl groups is 1. The van der Waals surface area contributed by atoms with Gasteiger partial charge in [0.05, 0.1) is 5.69 Å².